The van der Waals surface area contributed by atoms with Gasteiger partial charge in [0.1, 0.15) is 16.9 Å². The highest BCUT2D eigenvalue weighted by molar-refractivity contribution is 5.95. The van der Waals surface area contributed by atoms with Crippen LogP contribution in [-0.2, 0) is 0 Å². The van der Waals surface area contributed by atoms with E-state index in [1.165, 1.54) is 25.3 Å². The average molecular weight is 221 g/mol. The van der Waals surface area contributed by atoms with Crippen molar-refractivity contribution in [2.45, 2.75) is 0 Å². The van der Waals surface area contributed by atoms with Gasteiger partial charge in [0.2, 0.25) is 5.88 Å². The Kier molecular flexibility index (Phi) is 2.44. The lowest BCUT2D eigenvalue weighted by molar-refractivity contribution is 0.0692. The topological polar surface area (TPSA) is 59.4 Å². The molecule has 0 saturated carbocycles. The molecule has 0 bridgehead atoms. The zero-order chi connectivity index (χ0) is 11.7. The number of ether oxygens (including phenoxy) is 1. The molecule has 0 saturated heterocycles. The van der Waals surface area contributed by atoms with Crippen molar-refractivity contribution < 1.29 is 19.0 Å². The largest absolute Gasteiger partial charge is 0.480 e. The van der Waals surface area contributed by atoms with Crippen LogP contribution in [0.25, 0.3) is 10.9 Å². The Hall–Kier alpha value is -2.17. The number of aromatic carboxylic acids is 1. The van der Waals surface area contributed by atoms with Gasteiger partial charge in [0.25, 0.3) is 0 Å². The number of halogens is 1. The number of hydrogen-bond acceptors (Lipinski definition) is 3. The van der Waals surface area contributed by atoms with E-state index >= 15 is 0 Å². The van der Waals surface area contributed by atoms with Gasteiger partial charge >= 0.3 is 5.97 Å². The van der Waals surface area contributed by atoms with E-state index in [1.54, 1.807) is 6.07 Å². The summed E-state index contributed by atoms with van der Waals surface area (Å²) in [6, 6.07) is 5.69. The van der Waals surface area contributed by atoms with E-state index in [0.29, 0.717) is 5.39 Å². The van der Waals surface area contributed by atoms with Gasteiger partial charge in [-0.2, -0.15) is 0 Å². The number of benzene rings is 1. The maximum Gasteiger partial charge on any atom is 0.341 e. The van der Waals surface area contributed by atoms with Gasteiger partial charge in [0, 0.05) is 5.39 Å². The van der Waals surface area contributed by atoms with Crippen molar-refractivity contribution in [3.63, 3.8) is 0 Å². The minimum atomic E-state index is -1.16. The summed E-state index contributed by atoms with van der Waals surface area (Å²) in [6.45, 7) is 0. The molecule has 0 amide bonds. The Bertz CT molecular complexity index is 568. The summed E-state index contributed by atoms with van der Waals surface area (Å²) in [5.41, 5.74) is 0.0185. The number of pyridine rings is 1. The number of hydrogen-bond donors (Lipinski definition) is 1. The predicted octanol–water partition coefficient (Wildman–Crippen LogP) is 2.08. The normalized spacial score (nSPS) is 10.4. The zero-order valence-electron chi connectivity index (χ0n) is 8.40. The molecule has 0 atom stereocenters. The first-order chi connectivity index (χ1) is 7.63. The second-order valence-electron chi connectivity index (χ2n) is 3.16. The van der Waals surface area contributed by atoms with E-state index in [9.17, 15) is 9.18 Å². The Morgan fingerprint density at radius 2 is 2.25 bits per heavy atom. The molecule has 2 rings (SSSR count). The van der Waals surface area contributed by atoms with Gasteiger partial charge in [0.15, 0.2) is 0 Å². The molecule has 2 aromatic rings. The standard InChI is InChI=1S/C11H8FNO3/c1-16-10-7(11(14)15)5-6-3-2-4-8(12)9(6)13-10/h2-5H,1H3,(H,14,15). The van der Waals surface area contributed by atoms with Crippen LogP contribution in [0.15, 0.2) is 24.3 Å². The number of fused-ring (bicyclic) bond motifs is 1. The van der Waals surface area contributed by atoms with Crippen LogP contribution >= 0.6 is 0 Å². The maximum atomic E-state index is 13.4. The highest BCUT2D eigenvalue weighted by atomic mass is 19.1. The number of para-hydroxylation sites is 1. The molecule has 1 aromatic carbocycles. The molecule has 0 aliphatic carbocycles. The van der Waals surface area contributed by atoms with Crippen LogP contribution in [-0.4, -0.2) is 23.2 Å². The molecule has 0 aliphatic heterocycles. The maximum absolute atomic E-state index is 13.4. The fourth-order valence-corrected chi connectivity index (χ4v) is 1.45. The monoisotopic (exact) mass is 221 g/mol. The molecular formula is C11H8FNO3. The lowest BCUT2D eigenvalue weighted by Gasteiger charge is -2.06. The molecule has 0 spiro atoms. The summed E-state index contributed by atoms with van der Waals surface area (Å²) in [4.78, 5) is 14.7. The lowest BCUT2D eigenvalue weighted by Crippen LogP contribution is -2.03. The van der Waals surface area contributed by atoms with Crippen LogP contribution < -0.4 is 4.74 Å². The van der Waals surface area contributed by atoms with Crippen molar-refractivity contribution >= 4 is 16.9 Å². The molecule has 82 valence electrons. The van der Waals surface area contributed by atoms with Crippen LogP contribution in [0.3, 0.4) is 0 Å². The van der Waals surface area contributed by atoms with E-state index < -0.39 is 11.8 Å². The van der Waals surface area contributed by atoms with Gasteiger partial charge in [-0.1, -0.05) is 12.1 Å². The van der Waals surface area contributed by atoms with Crippen molar-refractivity contribution in [1.29, 1.82) is 0 Å². The second-order valence-corrected chi connectivity index (χ2v) is 3.16. The fourth-order valence-electron chi connectivity index (χ4n) is 1.45. The lowest BCUT2D eigenvalue weighted by atomic mass is 10.1. The first-order valence-corrected chi connectivity index (χ1v) is 4.50. The van der Waals surface area contributed by atoms with Gasteiger partial charge in [-0.15, -0.1) is 0 Å². The molecule has 4 nitrogen and oxygen atoms in total. The smallest absolute Gasteiger partial charge is 0.341 e. The van der Waals surface area contributed by atoms with Crippen molar-refractivity contribution in [2.75, 3.05) is 7.11 Å². The number of aromatic nitrogens is 1. The van der Waals surface area contributed by atoms with E-state index in [-0.39, 0.29) is 17.0 Å². The summed E-state index contributed by atoms with van der Waals surface area (Å²) < 4.78 is 18.2. The minimum absolute atomic E-state index is 0.0828. The van der Waals surface area contributed by atoms with Crippen LogP contribution in [0.1, 0.15) is 10.4 Å². The molecule has 0 radical (unpaired) electrons. The van der Waals surface area contributed by atoms with Crippen molar-refractivity contribution in [2.24, 2.45) is 0 Å². The Morgan fingerprint density at radius 3 is 2.88 bits per heavy atom. The summed E-state index contributed by atoms with van der Waals surface area (Å²) >= 11 is 0. The molecular weight excluding hydrogens is 213 g/mol. The van der Waals surface area contributed by atoms with Crippen molar-refractivity contribution in [1.82, 2.24) is 4.98 Å². The SMILES string of the molecule is COc1nc2c(F)cccc2cc1C(=O)O. The summed E-state index contributed by atoms with van der Waals surface area (Å²) in [5, 5.41) is 9.34. The van der Waals surface area contributed by atoms with Crippen LogP contribution in [0.2, 0.25) is 0 Å². The molecule has 1 N–H and O–H groups in total. The van der Waals surface area contributed by atoms with Gasteiger partial charge in [-0.25, -0.2) is 14.2 Å². The number of rotatable bonds is 2. The van der Waals surface area contributed by atoms with Gasteiger partial charge in [-0.05, 0) is 12.1 Å². The van der Waals surface area contributed by atoms with Crippen LogP contribution in [0.5, 0.6) is 5.88 Å². The van der Waals surface area contributed by atoms with Crippen LogP contribution in [0, 0.1) is 5.82 Å². The molecule has 0 unspecified atom stereocenters. The molecule has 0 aliphatic rings. The Labute approximate surface area is 90.3 Å². The highest BCUT2D eigenvalue weighted by Gasteiger charge is 2.15. The van der Waals surface area contributed by atoms with Crippen LogP contribution in [0.4, 0.5) is 4.39 Å². The molecule has 1 heterocycles. The molecule has 1 aromatic heterocycles. The summed E-state index contributed by atoms with van der Waals surface area (Å²) in [6.07, 6.45) is 0. The van der Waals surface area contributed by atoms with Gasteiger partial charge in [-0.3, -0.25) is 0 Å². The number of carbonyl (C=O) groups is 1. The van der Waals surface area contributed by atoms with E-state index in [4.69, 9.17) is 9.84 Å². The Morgan fingerprint density at radius 1 is 1.50 bits per heavy atom. The average Bonchev–Trinajstić information content (AvgIpc) is 2.28. The number of methoxy groups -OCH3 is 1. The Balaban J connectivity index is 2.80. The number of carboxylic acid groups (broad SMARTS) is 1. The molecule has 16 heavy (non-hydrogen) atoms. The highest BCUT2D eigenvalue weighted by Crippen LogP contribution is 2.23. The molecule has 0 fully saturated rings. The number of carboxylic acids is 1. The van der Waals surface area contributed by atoms with Crippen molar-refractivity contribution in [3.05, 3.63) is 35.6 Å². The third-order valence-electron chi connectivity index (χ3n) is 2.19. The van der Waals surface area contributed by atoms with Crippen molar-refractivity contribution in [3.8, 4) is 5.88 Å². The van der Waals surface area contributed by atoms with Gasteiger partial charge < -0.3 is 9.84 Å². The summed E-state index contributed by atoms with van der Waals surface area (Å²) in [5.74, 6) is -1.76. The first-order valence-electron chi connectivity index (χ1n) is 4.50. The quantitative estimate of drug-likeness (QED) is 0.843. The minimum Gasteiger partial charge on any atom is -0.480 e. The predicted molar refractivity (Wildman–Crippen MR) is 55.2 cm³/mol. The number of nitrogens with zero attached hydrogens (tertiary/aromatic N) is 1. The van der Waals surface area contributed by atoms with E-state index in [0.717, 1.165) is 0 Å². The van der Waals surface area contributed by atoms with E-state index in [2.05, 4.69) is 4.98 Å². The molecule has 5 heteroatoms. The summed E-state index contributed by atoms with van der Waals surface area (Å²) in [7, 11) is 1.29. The third kappa shape index (κ3) is 1.56. The third-order valence-corrected chi connectivity index (χ3v) is 2.19. The van der Waals surface area contributed by atoms with Gasteiger partial charge in [0.05, 0.1) is 7.11 Å². The fraction of sp³-hybridized carbons (Fsp3) is 0.0909. The van der Waals surface area contributed by atoms with E-state index in [1.807, 2.05) is 0 Å². The second kappa shape index (κ2) is 3.77. The zero-order valence-corrected chi connectivity index (χ0v) is 8.40. The first kappa shape index (κ1) is 10.4.